The molecule has 0 heterocycles. The number of hydrogen-bond acceptors (Lipinski definition) is 7. The Kier molecular flexibility index (Phi) is 11.7. The van der Waals surface area contributed by atoms with Crippen LogP contribution in [0.25, 0.3) is 0 Å². The van der Waals surface area contributed by atoms with Crippen molar-refractivity contribution in [1.82, 2.24) is 5.01 Å². The molecule has 7 heteroatoms. The van der Waals surface area contributed by atoms with E-state index < -0.39 is 6.04 Å². The number of methoxy groups -OCH3 is 1. The molecule has 0 N–H and O–H groups in total. The molecule has 0 fully saturated rings. The molecule has 0 aliphatic carbocycles. The summed E-state index contributed by atoms with van der Waals surface area (Å²) in [6.45, 7) is 10.5. The third kappa shape index (κ3) is 8.29. The maximum absolute atomic E-state index is 11.9. The van der Waals surface area contributed by atoms with Crippen molar-refractivity contribution < 1.29 is 18.5 Å². The maximum atomic E-state index is 11.9. The van der Waals surface area contributed by atoms with E-state index in [0.717, 1.165) is 12.8 Å². The second kappa shape index (κ2) is 12.3. The number of esters is 1. The lowest BCUT2D eigenvalue weighted by atomic mass is 10.0. The Labute approximate surface area is 138 Å². The first-order valence-electron chi connectivity index (χ1n) is 7.27. The number of nitrogens with zero attached hydrogens (tertiary/aromatic N) is 2. The summed E-state index contributed by atoms with van der Waals surface area (Å²) in [5, 5.41) is 5.38. The Bertz CT molecular complexity index is 361. The van der Waals surface area contributed by atoms with Crippen molar-refractivity contribution in [2.75, 3.05) is 26.6 Å². The van der Waals surface area contributed by atoms with Crippen LogP contribution in [0.4, 0.5) is 0 Å². The third-order valence-corrected chi connectivity index (χ3v) is 3.31. The summed E-state index contributed by atoms with van der Waals surface area (Å²) in [6, 6.07) is -0.518. The molecule has 0 amide bonds. The molecule has 0 saturated heterocycles. The molecule has 1 atom stereocenters. The smallest absolute Gasteiger partial charge is 0.330 e. The number of rotatable bonds is 12. The van der Waals surface area contributed by atoms with Gasteiger partial charge in [-0.25, -0.2) is 4.79 Å². The fourth-order valence-electron chi connectivity index (χ4n) is 1.82. The van der Waals surface area contributed by atoms with E-state index in [1.54, 1.807) is 6.20 Å². The first-order valence-corrected chi connectivity index (χ1v) is 8.42. The quantitative estimate of drug-likeness (QED) is 0.137. The van der Waals surface area contributed by atoms with Gasteiger partial charge in [0.15, 0.2) is 6.04 Å². The number of carbonyl (C=O) groups excluding carboxylic acids is 1. The lowest BCUT2D eigenvalue weighted by Gasteiger charge is -2.27. The zero-order valence-electron chi connectivity index (χ0n) is 14.2. The highest BCUT2D eigenvalue weighted by Crippen LogP contribution is 2.15. The first-order chi connectivity index (χ1) is 10.5. The van der Waals surface area contributed by atoms with Crippen molar-refractivity contribution in [2.24, 2.45) is 11.0 Å². The van der Waals surface area contributed by atoms with Gasteiger partial charge in [0.05, 0.1) is 26.5 Å². The number of ether oxygens (including phenoxy) is 2. The van der Waals surface area contributed by atoms with E-state index >= 15 is 0 Å². The predicted molar refractivity (Wildman–Crippen MR) is 90.4 cm³/mol. The van der Waals surface area contributed by atoms with E-state index in [-0.39, 0.29) is 11.9 Å². The fraction of sp³-hybridized carbons (Fsp3) is 0.733. The molecule has 0 rings (SSSR count). The Morgan fingerprint density at radius 1 is 1.36 bits per heavy atom. The molecule has 0 aromatic heterocycles. The van der Waals surface area contributed by atoms with Gasteiger partial charge in [0.1, 0.15) is 5.76 Å². The molecule has 0 aromatic rings. The van der Waals surface area contributed by atoms with Crippen molar-refractivity contribution in [1.29, 1.82) is 0 Å². The van der Waals surface area contributed by atoms with Crippen LogP contribution in [-0.4, -0.2) is 50.3 Å². The first kappa shape index (κ1) is 20.8. The molecular weight excluding hydrogens is 304 g/mol. The summed E-state index contributed by atoms with van der Waals surface area (Å²) < 4.78 is 15.6. The zero-order valence-corrected chi connectivity index (χ0v) is 15.0. The van der Waals surface area contributed by atoms with Crippen molar-refractivity contribution >= 4 is 24.7 Å². The standard InChI is InChI=1S/C15H28N2O4S/c1-12(2)14(15(18)19-5)17(16-4)11-13(3)20-9-7-8-10-21-22-6/h11-12,14H,4,7-10H2,1-3,5-6H3/b13-11+. The van der Waals surface area contributed by atoms with E-state index in [2.05, 4.69) is 11.8 Å². The second-order valence-corrected chi connectivity index (χ2v) is 5.59. The fourth-order valence-corrected chi connectivity index (χ4v) is 2.10. The Hall–Kier alpha value is -1.21. The summed E-state index contributed by atoms with van der Waals surface area (Å²) in [5.41, 5.74) is 0. The molecule has 0 aliphatic heterocycles. The number of carbonyl (C=O) groups is 1. The highest BCUT2D eigenvalue weighted by molar-refractivity contribution is 7.93. The van der Waals surface area contributed by atoms with Gasteiger partial charge >= 0.3 is 5.97 Å². The number of unbranched alkanes of at least 4 members (excludes halogenated alkanes) is 1. The summed E-state index contributed by atoms with van der Waals surface area (Å²) in [6.07, 6.45) is 5.41. The number of hydrogen-bond donors (Lipinski definition) is 0. The molecule has 22 heavy (non-hydrogen) atoms. The van der Waals surface area contributed by atoms with Crippen molar-refractivity contribution in [3.8, 4) is 0 Å². The predicted octanol–water partition coefficient (Wildman–Crippen LogP) is 3.05. The van der Waals surface area contributed by atoms with Crippen LogP contribution in [0.3, 0.4) is 0 Å². The van der Waals surface area contributed by atoms with Crippen LogP contribution >= 0.6 is 12.0 Å². The van der Waals surface area contributed by atoms with Crippen molar-refractivity contribution in [2.45, 2.75) is 39.7 Å². The van der Waals surface area contributed by atoms with E-state index in [4.69, 9.17) is 13.7 Å². The summed E-state index contributed by atoms with van der Waals surface area (Å²) in [5.74, 6) is 0.360. The van der Waals surface area contributed by atoms with E-state index in [1.165, 1.54) is 24.2 Å². The van der Waals surface area contributed by atoms with E-state index in [9.17, 15) is 4.79 Å². The summed E-state index contributed by atoms with van der Waals surface area (Å²) >= 11 is 1.37. The number of hydrazone groups is 1. The molecular formula is C15H28N2O4S. The summed E-state index contributed by atoms with van der Waals surface area (Å²) in [4.78, 5) is 11.9. The largest absolute Gasteiger partial charge is 0.497 e. The molecule has 0 spiro atoms. The van der Waals surface area contributed by atoms with Gasteiger partial charge in [-0.2, -0.15) is 5.10 Å². The molecule has 0 saturated carbocycles. The molecule has 0 bridgehead atoms. The topological polar surface area (TPSA) is 60.4 Å². The molecule has 6 nitrogen and oxygen atoms in total. The van der Waals surface area contributed by atoms with Gasteiger partial charge in [-0.05, 0) is 37.7 Å². The highest BCUT2D eigenvalue weighted by atomic mass is 32.2. The average molecular weight is 332 g/mol. The van der Waals surface area contributed by atoms with Crippen LogP contribution in [0.1, 0.15) is 33.6 Å². The lowest BCUT2D eigenvalue weighted by molar-refractivity contribution is -0.147. The molecule has 0 aliphatic rings. The lowest BCUT2D eigenvalue weighted by Crippen LogP contribution is -2.39. The Balaban J connectivity index is 4.47. The average Bonchev–Trinajstić information content (AvgIpc) is 2.49. The van der Waals surface area contributed by atoms with Gasteiger partial charge in [-0.3, -0.25) is 5.01 Å². The van der Waals surface area contributed by atoms with Gasteiger partial charge in [-0.15, -0.1) is 0 Å². The maximum Gasteiger partial charge on any atom is 0.330 e. The van der Waals surface area contributed by atoms with Crippen LogP contribution in [0.5, 0.6) is 0 Å². The number of allylic oxidation sites excluding steroid dienone is 1. The van der Waals surface area contributed by atoms with E-state index in [0.29, 0.717) is 19.0 Å². The van der Waals surface area contributed by atoms with Crippen LogP contribution < -0.4 is 0 Å². The van der Waals surface area contributed by atoms with Gasteiger partial charge < -0.3 is 13.7 Å². The van der Waals surface area contributed by atoms with E-state index in [1.807, 2.05) is 27.0 Å². The summed E-state index contributed by atoms with van der Waals surface area (Å²) in [7, 11) is 1.36. The van der Waals surface area contributed by atoms with Crippen LogP contribution in [-0.2, 0) is 18.5 Å². The van der Waals surface area contributed by atoms with Crippen LogP contribution in [0, 0.1) is 5.92 Å². The normalized spacial score (nSPS) is 12.9. The molecule has 1 unspecified atom stereocenters. The zero-order chi connectivity index (χ0) is 17.0. The Morgan fingerprint density at radius 2 is 2.00 bits per heavy atom. The minimum Gasteiger partial charge on any atom is -0.497 e. The van der Waals surface area contributed by atoms with Crippen LogP contribution in [0.2, 0.25) is 0 Å². The van der Waals surface area contributed by atoms with Crippen LogP contribution in [0.15, 0.2) is 17.1 Å². The SMILES string of the molecule is C=NN(/C=C(\C)OCCCCOSC)C(C(=O)OC)C(C)C. The van der Waals surface area contributed by atoms with Crippen molar-refractivity contribution in [3.05, 3.63) is 12.0 Å². The van der Waals surface area contributed by atoms with Gasteiger partial charge in [0.2, 0.25) is 0 Å². The minimum atomic E-state index is -0.518. The van der Waals surface area contributed by atoms with Gasteiger partial charge in [0, 0.05) is 13.0 Å². The third-order valence-electron chi connectivity index (χ3n) is 2.91. The van der Waals surface area contributed by atoms with Gasteiger partial charge in [-0.1, -0.05) is 13.8 Å². The minimum absolute atomic E-state index is 0.0330. The molecule has 0 aromatic carbocycles. The van der Waals surface area contributed by atoms with Gasteiger partial charge in [0.25, 0.3) is 0 Å². The monoisotopic (exact) mass is 332 g/mol. The van der Waals surface area contributed by atoms with Crippen molar-refractivity contribution in [3.63, 3.8) is 0 Å². The second-order valence-electron chi connectivity index (χ2n) is 5.02. The molecule has 128 valence electrons. The molecule has 0 radical (unpaired) electrons. The highest BCUT2D eigenvalue weighted by Gasteiger charge is 2.28. The Morgan fingerprint density at radius 3 is 2.50 bits per heavy atom.